The lowest BCUT2D eigenvalue weighted by atomic mass is 9.99. The van der Waals surface area contributed by atoms with Gasteiger partial charge in [-0.15, -0.1) is 0 Å². The van der Waals surface area contributed by atoms with Gasteiger partial charge in [0.15, 0.2) is 17.2 Å². The molecule has 0 amide bonds. The van der Waals surface area contributed by atoms with Gasteiger partial charge in [-0.05, 0) is 19.1 Å². The molecule has 0 atom stereocenters. The number of hydrogen-bond donors (Lipinski definition) is 4. The van der Waals surface area contributed by atoms with E-state index in [1.165, 1.54) is 0 Å². The van der Waals surface area contributed by atoms with Crippen LogP contribution in [0.1, 0.15) is 5.69 Å². The fourth-order valence-corrected chi connectivity index (χ4v) is 2.90. The normalized spacial score (nSPS) is 11.4. The molecule has 0 bridgehead atoms. The van der Waals surface area contributed by atoms with E-state index >= 15 is 0 Å². The molecule has 12 heteroatoms. The van der Waals surface area contributed by atoms with E-state index in [-0.39, 0.29) is 16.5 Å². The Labute approximate surface area is 169 Å². The molecule has 2 aromatic carbocycles. The lowest BCUT2D eigenvalue weighted by Gasteiger charge is -2.11. The van der Waals surface area contributed by atoms with E-state index in [1.807, 2.05) is 0 Å². The first-order valence-corrected chi connectivity index (χ1v) is 8.43. The van der Waals surface area contributed by atoms with Gasteiger partial charge in [0.2, 0.25) is 0 Å². The number of nitrogen functional groups attached to an aromatic ring is 1. The van der Waals surface area contributed by atoms with E-state index in [9.17, 15) is 27.1 Å². The quantitative estimate of drug-likeness (QED) is 0.259. The molecule has 0 radical (unpaired) electrons. The number of phenols is 1. The molecule has 0 spiro atoms. The Bertz CT molecular complexity index is 1300. The van der Waals surface area contributed by atoms with Crippen LogP contribution in [0.25, 0.3) is 33.1 Å². The number of H-pyrrole nitrogens is 1. The third kappa shape index (κ3) is 4.04. The predicted octanol–water partition coefficient (Wildman–Crippen LogP) is 4.29. The Morgan fingerprint density at radius 1 is 1.10 bits per heavy atom. The third-order valence-corrected chi connectivity index (χ3v) is 4.26. The molecule has 0 saturated heterocycles. The fourth-order valence-electron chi connectivity index (χ4n) is 2.90. The molecule has 0 fully saturated rings. The van der Waals surface area contributed by atoms with Gasteiger partial charge in [-0.3, -0.25) is 5.10 Å². The zero-order chi connectivity index (χ0) is 23.1. The molecule has 0 unspecified atom stereocenters. The molecule has 0 aliphatic rings. The van der Waals surface area contributed by atoms with Crippen molar-refractivity contribution in [2.75, 3.05) is 5.73 Å². The van der Waals surface area contributed by atoms with Gasteiger partial charge in [0.05, 0.1) is 16.8 Å². The van der Waals surface area contributed by atoms with Gasteiger partial charge in [0.25, 0.3) is 0 Å². The summed E-state index contributed by atoms with van der Waals surface area (Å²) in [6.07, 6.45) is -5.08. The summed E-state index contributed by atoms with van der Waals surface area (Å²) in [5, 5.41) is 23.8. The number of halogens is 5. The fraction of sp³-hybridized carbons (Fsp3) is 0.105. The Hall–Kier alpha value is -3.96. The molecule has 0 aliphatic carbocycles. The minimum absolute atomic E-state index is 0.00734. The SMILES string of the molecule is Cc1n[nH]c2nc(-c3ccc(N)cc3)c3c(F)cc(O)c(F)c3c12.O=C(O)C(F)(F)F. The van der Waals surface area contributed by atoms with Gasteiger partial charge in [0.1, 0.15) is 5.82 Å². The highest BCUT2D eigenvalue weighted by Crippen LogP contribution is 2.39. The number of nitrogens with zero attached hydrogens (tertiary/aromatic N) is 2. The first kappa shape index (κ1) is 21.7. The minimum Gasteiger partial charge on any atom is -0.505 e. The summed E-state index contributed by atoms with van der Waals surface area (Å²) in [5.41, 5.74) is 7.84. The number of aryl methyl sites for hydroxylation is 1. The molecule has 4 rings (SSSR count). The van der Waals surface area contributed by atoms with E-state index in [4.69, 9.17) is 15.6 Å². The predicted molar refractivity (Wildman–Crippen MR) is 101 cm³/mol. The van der Waals surface area contributed by atoms with E-state index in [2.05, 4.69) is 15.2 Å². The number of rotatable bonds is 1. The highest BCUT2D eigenvalue weighted by Gasteiger charge is 2.38. The number of anilines is 1. The van der Waals surface area contributed by atoms with Crippen molar-refractivity contribution in [1.29, 1.82) is 0 Å². The van der Waals surface area contributed by atoms with Crippen molar-refractivity contribution in [2.24, 2.45) is 0 Å². The van der Waals surface area contributed by atoms with Gasteiger partial charge < -0.3 is 15.9 Å². The number of carboxylic acids is 1. The summed E-state index contributed by atoms with van der Waals surface area (Å²) in [6.45, 7) is 1.66. The van der Waals surface area contributed by atoms with Crippen molar-refractivity contribution in [3.8, 4) is 17.0 Å². The number of hydrogen-bond acceptors (Lipinski definition) is 5. The second kappa shape index (κ2) is 7.70. The average Bonchev–Trinajstić information content (AvgIpc) is 3.06. The van der Waals surface area contributed by atoms with Gasteiger partial charge in [-0.2, -0.15) is 18.3 Å². The van der Waals surface area contributed by atoms with Gasteiger partial charge in [-0.1, -0.05) is 12.1 Å². The third-order valence-electron chi connectivity index (χ3n) is 4.26. The molecule has 2 aromatic heterocycles. The highest BCUT2D eigenvalue weighted by atomic mass is 19.4. The van der Waals surface area contributed by atoms with Gasteiger partial charge in [-0.25, -0.2) is 18.6 Å². The number of carbonyl (C=O) groups is 1. The number of aromatic hydroxyl groups is 1. The zero-order valence-corrected chi connectivity index (χ0v) is 15.6. The number of alkyl halides is 3. The van der Waals surface area contributed by atoms with E-state index in [0.29, 0.717) is 28.0 Å². The van der Waals surface area contributed by atoms with Crippen molar-refractivity contribution in [1.82, 2.24) is 15.2 Å². The van der Waals surface area contributed by atoms with Crippen LogP contribution in [0.5, 0.6) is 5.75 Å². The summed E-state index contributed by atoms with van der Waals surface area (Å²) in [7, 11) is 0. The van der Waals surface area contributed by atoms with Crippen LogP contribution < -0.4 is 5.73 Å². The number of fused-ring (bicyclic) bond motifs is 3. The molecule has 0 saturated carbocycles. The number of aliphatic carboxylic acids is 1. The Balaban J connectivity index is 0.000000339. The van der Waals surface area contributed by atoms with E-state index < -0.39 is 29.5 Å². The Morgan fingerprint density at radius 2 is 1.68 bits per heavy atom. The summed E-state index contributed by atoms with van der Waals surface area (Å²) in [6, 6.07) is 7.41. The Morgan fingerprint density at radius 3 is 2.23 bits per heavy atom. The van der Waals surface area contributed by atoms with Crippen LogP contribution in [0.3, 0.4) is 0 Å². The van der Waals surface area contributed by atoms with Crippen LogP contribution in [0.2, 0.25) is 0 Å². The van der Waals surface area contributed by atoms with Crippen molar-refractivity contribution in [2.45, 2.75) is 13.1 Å². The molecule has 5 N–H and O–H groups in total. The number of aromatic amines is 1. The van der Waals surface area contributed by atoms with Crippen LogP contribution in [0.4, 0.5) is 27.6 Å². The molecule has 4 aromatic rings. The highest BCUT2D eigenvalue weighted by molar-refractivity contribution is 6.12. The standard InChI is InChI=1S/C17H12F2N4O.C2HF3O2/c1-7-12-14-13(10(18)6-11(24)15(14)19)16(21-17(12)23-22-7)8-2-4-9(20)5-3-8;3-2(4,5)1(6)7/h2-6,24H,20H2,1H3,(H,21,22,23);(H,6,7). The minimum atomic E-state index is -5.08. The molecule has 2 heterocycles. The maximum Gasteiger partial charge on any atom is 0.490 e. The van der Waals surface area contributed by atoms with Crippen LogP contribution in [-0.2, 0) is 4.79 Å². The van der Waals surface area contributed by atoms with Crippen molar-refractivity contribution in [3.05, 3.63) is 47.7 Å². The number of phenolic OH excluding ortho intramolecular Hbond substituents is 1. The maximum absolute atomic E-state index is 14.6. The van der Waals surface area contributed by atoms with E-state index in [1.54, 1.807) is 31.2 Å². The lowest BCUT2D eigenvalue weighted by Crippen LogP contribution is -2.21. The van der Waals surface area contributed by atoms with Gasteiger partial charge >= 0.3 is 12.1 Å². The number of benzene rings is 2. The van der Waals surface area contributed by atoms with Crippen molar-refractivity contribution < 1.29 is 37.0 Å². The van der Waals surface area contributed by atoms with Crippen LogP contribution >= 0.6 is 0 Å². The molecule has 31 heavy (non-hydrogen) atoms. The second-order valence-electron chi connectivity index (χ2n) is 6.36. The molecular formula is C19H13F5N4O3. The largest absolute Gasteiger partial charge is 0.505 e. The monoisotopic (exact) mass is 440 g/mol. The maximum atomic E-state index is 14.6. The summed E-state index contributed by atoms with van der Waals surface area (Å²) >= 11 is 0. The van der Waals surface area contributed by atoms with Crippen molar-refractivity contribution in [3.63, 3.8) is 0 Å². The Kier molecular flexibility index (Phi) is 5.40. The number of nitrogens with two attached hydrogens (primary N) is 1. The number of aromatic nitrogens is 3. The van der Waals surface area contributed by atoms with Crippen LogP contribution in [-0.4, -0.2) is 37.5 Å². The second-order valence-corrected chi connectivity index (χ2v) is 6.36. The summed E-state index contributed by atoms with van der Waals surface area (Å²) < 4.78 is 61.0. The molecule has 162 valence electrons. The van der Waals surface area contributed by atoms with Crippen molar-refractivity contribution >= 4 is 33.5 Å². The summed E-state index contributed by atoms with van der Waals surface area (Å²) in [4.78, 5) is 13.3. The number of nitrogens with one attached hydrogen (secondary N) is 1. The van der Waals surface area contributed by atoms with Crippen LogP contribution in [0, 0.1) is 18.6 Å². The van der Waals surface area contributed by atoms with Gasteiger partial charge in [0, 0.05) is 28.1 Å². The zero-order valence-electron chi connectivity index (χ0n) is 15.6. The first-order valence-electron chi connectivity index (χ1n) is 8.43. The lowest BCUT2D eigenvalue weighted by molar-refractivity contribution is -0.192. The average molecular weight is 440 g/mol. The summed E-state index contributed by atoms with van der Waals surface area (Å²) in [5.74, 6) is -5.17. The first-order chi connectivity index (χ1) is 14.4. The smallest absolute Gasteiger partial charge is 0.490 e. The number of carboxylic acid groups (broad SMARTS) is 1. The van der Waals surface area contributed by atoms with E-state index in [0.717, 1.165) is 6.07 Å². The molecule has 0 aliphatic heterocycles. The number of pyridine rings is 1. The molecular weight excluding hydrogens is 427 g/mol. The molecule has 7 nitrogen and oxygen atoms in total. The topological polar surface area (TPSA) is 125 Å². The van der Waals surface area contributed by atoms with Crippen LogP contribution in [0.15, 0.2) is 30.3 Å².